The van der Waals surface area contributed by atoms with Crippen LogP contribution in [0.5, 0.6) is 5.75 Å². The van der Waals surface area contributed by atoms with Gasteiger partial charge in [0.25, 0.3) is 0 Å². The predicted octanol–water partition coefficient (Wildman–Crippen LogP) is 1.26. The number of ether oxygens (including phenoxy) is 2. The number of benzene rings is 1. The lowest BCUT2D eigenvalue weighted by atomic mass is 10.3. The van der Waals surface area contributed by atoms with E-state index in [4.69, 9.17) is 9.47 Å². The largest absolute Gasteiger partial charge is 0.495 e. The zero-order valence-corrected chi connectivity index (χ0v) is 11.0. The number of rotatable bonds is 7. The van der Waals surface area contributed by atoms with Crippen molar-refractivity contribution in [2.45, 2.75) is 13.0 Å². The summed E-state index contributed by atoms with van der Waals surface area (Å²) in [5.41, 5.74) is 0.801. The number of amides is 1. The smallest absolute Gasteiger partial charge is 0.239 e. The summed E-state index contributed by atoms with van der Waals surface area (Å²) in [6.07, 6.45) is 0. The lowest BCUT2D eigenvalue weighted by Gasteiger charge is -2.14. The van der Waals surface area contributed by atoms with Gasteiger partial charge in [0.05, 0.1) is 25.9 Å². The topological polar surface area (TPSA) is 59.6 Å². The van der Waals surface area contributed by atoms with Crippen LogP contribution in [0.4, 0.5) is 5.69 Å². The summed E-state index contributed by atoms with van der Waals surface area (Å²) in [5.74, 6) is 0.640. The highest BCUT2D eigenvalue weighted by molar-refractivity contribution is 5.81. The number of nitrogens with one attached hydrogen (secondary N) is 2. The third-order valence-electron chi connectivity index (χ3n) is 2.37. The quantitative estimate of drug-likeness (QED) is 0.767. The number of anilines is 1. The second-order valence-corrected chi connectivity index (χ2v) is 3.98. The number of carbonyl (C=O) groups excluding carboxylic acids is 1. The Morgan fingerprint density at radius 2 is 2.06 bits per heavy atom. The highest BCUT2D eigenvalue weighted by Gasteiger charge is 2.07. The fraction of sp³-hybridized carbons (Fsp3) is 0.462. The lowest BCUT2D eigenvalue weighted by molar-refractivity contribution is -0.120. The van der Waals surface area contributed by atoms with Crippen molar-refractivity contribution in [2.75, 3.05) is 32.7 Å². The molecule has 0 radical (unpaired) electrons. The van der Waals surface area contributed by atoms with Crippen LogP contribution in [0.3, 0.4) is 0 Å². The van der Waals surface area contributed by atoms with Gasteiger partial charge in [-0.25, -0.2) is 0 Å². The van der Waals surface area contributed by atoms with E-state index in [0.29, 0.717) is 6.61 Å². The molecule has 1 aromatic carbocycles. The van der Waals surface area contributed by atoms with Crippen molar-refractivity contribution >= 4 is 11.6 Å². The second-order valence-electron chi connectivity index (χ2n) is 3.98. The molecule has 0 saturated heterocycles. The Bertz CT molecular complexity index is 382. The molecule has 100 valence electrons. The zero-order chi connectivity index (χ0) is 13.4. The summed E-state index contributed by atoms with van der Waals surface area (Å²) >= 11 is 0. The van der Waals surface area contributed by atoms with E-state index in [-0.39, 0.29) is 18.5 Å². The van der Waals surface area contributed by atoms with Gasteiger partial charge in [0.2, 0.25) is 5.91 Å². The first kappa shape index (κ1) is 14.3. The maximum absolute atomic E-state index is 11.6. The van der Waals surface area contributed by atoms with Crippen LogP contribution in [0, 0.1) is 0 Å². The van der Waals surface area contributed by atoms with Gasteiger partial charge in [-0.15, -0.1) is 0 Å². The van der Waals surface area contributed by atoms with E-state index in [1.54, 1.807) is 14.2 Å². The number of carbonyl (C=O) groups is 1. The van der Waals surface area contributed by atoms with E-state index in [1.807, 2.05) is 31.2 Å². The fourth-order valence-corrected chi connectivity index (χ4v) is 1.58. The number of methoxy groups -OCH3 is 2. The highest BCUT2D eigenvalue weighted by Crippen LogP contribution is 2.22. The standard InChI is InChI=1S/C13H20N2O3/c1-10(9-17-2)15-13(16)8-14-11-6-4-5-7-12(11)18-3/h4-7,10,14H,8-9H2,1-3H3,(H,15,16). The van der Waals surface area contributed by atoms with Gasteiger partial charge in [-0.05, 0) is 19.1 Å². The van der Waals surface area contributed by atoms with Gasteiger partial charge in [-0.2, -0.15) is 0 Å². The Labute approximate surface area is 107 Å². The zero-order valence-electron chi connectivity index (χ0n) is 11.0. The fourth-order valence-electron chi connectivity index (χ4n) is 1.58. The molecule has 18 heavy (non-hydrogen) atoms. The molecular weight excluding hydrogens is 232 g/mol. The summed E-state index contributed by atoms with van der Waals surface area (Å²) < 4.78 is 10.1. The van der Waals surface area contributed by atoms with Crippen LogP contribution in [0.25, 0.3) is 0 Å². The molecule has 1 rings (SSSR count). The van der Waals surface area contributed by atoms with E-state index in [9.17, 15) is 4.79 Å². The molecule has 0 fully saturated rings. The van der Waals surface area contributed by atoms with Crippen LogP contribution < -0.4 is 15.4 Å². The second kappa shape index (κ2) is 7.55. The third kappa shape index (κ3) is 4.63. The van der Waals surface area contributed by atoms with E-state index >= 15 is 0 Å². The molecule has 1 aromatic rings. The van der Waals surface area contributed by atoms with Crippen molar-refractivity contribution in [3.05, 3.63) is 24.3 Å². The molecule has 0 aliphatic heterocycles. The van der Waals surface area contributed by atoms with Crippen molar-refractivity contribution in [3.63, 3.8) is 0 Å². The summed E-state index contributed by atoms with van der Waals surface area (Å²) in [5, 5.41) is 5.85. The van der Waals surface area contributed by atoms with Gasteiger partial charge in [0.15, 0.2) is 0 Å². The molecule has 0 spiro atoms. The van der Waals surface area contributed by atoms with Crippen LogP contribution in [-0.2, 0) is 9.53 Å². The molecule has 0 saturated carbocycles. The van der Waals surface area contributed by atoms with Crippen LogP contribution in [0.1, 0.15) is 6.92 Å². The van der Waals surface area contributed by atoms with Crippen molar-refractivity contribution in [2.24, 2.45) is 0 Å². The van der Waals surface area contributed by atoms with Crippen LogP contribution in [0.2, 0.25) is 0 Å². The van der Waals surface area contributed by atoms with Crippen molar-refractivity contribution in [1.29, 1.82) is 0 Å². The Balaban J connectivity index is 2.42. The van der Waals surface area contributed by atoms with Gasteiger partial charge < -0.3 is 20.1 Å². The van der Waals surface area contributed by atoms with Gasteiger partial charge in [0, 0.05) is 13.2 Å². The molecule has 0 bridgehead atoms. The van der Waals surface area contributed by atoms with Crippen LogP contribution in [-0.4, -0.2) is 39.3 Å². The summed E-state index contributed by atoms with van der Waals surface area (Å²) in [4.78, 5) is 11.6. The molecule has 0 aliphatic rings. The van der Waals surface area contributed by atoms with E-state index < -0.39 is 0 Å². The van der Waals surface area contributed by atoms with Crippen molar-refractivity contribution < 1.29 is 14.3 Å². The lowest BCUT2D eigenvalue weighted by Crippen LogP contribution is -2.39. The summed E-state index contributed by atoms with van der Waals surface area (Å²) in [6.45, 7) is 2.60. The Kier molecular flexibility index (Phi) is 6.00. The SMILES string of the molecule is COCC(C)NC(=O)CNc1ccccc1OC. The Morgan fingerprint density at radius 3 is 2.72 bits per heavy atom. The average Bonchev–Trinajstić information content (AvgIpc) is 2.37. The Hall–Kier alpha value is -1.75. The molecule has 5 heteroatoms. The minimum Gasteiger partial charge on any atom is -0.495 e. The van der Waals surface area contributed by atoms with Gasteiger partial charge in [0.1, 0.15) is 5.75 Å². The minimum atomic E-state index is -0.0783. The molecule has 0 aromatic heterocycles. The monoisotopic (exact) mass is 252 g/mol. The maximum Gasteiger partial charge on any atom is 0.239 e. The highest BCUT2D eigenvalue weighted by atomic mass is 16.5. The molecule has 2 N–H and O–H groups in total. The molecule has 0 heterocycles. The third-order valence-corrected chi connectivity index (χ3v) is 2.37. The van der Waals surface area contributed by atoms with E-state index in [2.05, 4.69) is 10.6 Å². The molecule has 5 nitrogen and oxygen atoms in total. The van der Waals surface area contributed by atoms with Gasteiger partial charge in [-0.3, -0.25) is 4.79 Å². The predicted molar refractivity (Wildman–Crippen MR) is 71.0 cm³/mol. The summed E-state index contributed by atoms with van der Waals surface area (Å²) in [7, 11) is 3.21. The molecule has 1 atom stereocenters. The van der Waals surface area contributed by atoms with Crippen LogP contribution >= 0.6 is 0 Å². The van der Waals surface area contributed by atoms with Gasteiger partial charge >= 0.3 is 0 Å². The van der Waals surface area contributed by atoms with Crippen LogP contribution in [0.15, 0.2) is 24.3 Å². The first-order chi connectivity index (χ1) is 8.67. The molecule has 0 aliphatic carbocycles. The first-order valence-corrected chi connectivity index (χ1v) is 5.82. The number of hydrogen-bond acceptors (Lipinski definition) is 4. The van der Waals surface area contributed by atoms with E-state index in [0.717, 1.165) is 11.4 Å². The molecular formula is C13H20N2O3. The average molecular weight is 252 g/mol. The van der Waals surface area contributed by atoms with E-state index in [1.165, 1.54) is 0 Å². The molecule has 1 unspecified atom stereocenters. The molecule has 1 amide bonds. The number of hydrogen-bond donors (Lipinski definition) is 2. The van der Waals surface area contributed by atoms with Crippen molar-refractivity contribution in [3.8, 4) is 5.75 Å². The Morgan fingerprint density at radius 1 is 1.33 bits per heavy atom. The normalized spacial score (nSPS) is 11.7. The summed E-state index contributed by atoms with van der Waals surface area (Å²) in [6, 6.07) is 7.47. The van der Waals surface area contributed by atoms with Gasteiger partial charge in [-0.1, -0.05) is 12.1 Å². The first-order valence-electron chi connectivity index (χ1n) is 5.82. The van der Waals surface area contributed by atoms with Crippen molar-refractivity contribution in [1.82, 2.24) is 5.32 Å². The minimum absolute atomic E-state index is 0.00182. The maximum atomic E-state index is 11.6. The number of para-hydroxylation sites is 2.